The van der Waals surface area contributed by atoms with E-state index in [1.165, 1.54) is 12.1 Å². The number of nitrogens with zero attached hydrogens (tertiary/aromatic N) is 3. The van der Waals surface area contributed by atoms with Gasteiger partial charge in [-0.2, -0.15) is 0 Å². The maximum atomic E-state index is 13.9. The quantitative estimate of drug-likeness (QED) is 0.406. The molecule has 1 aliphatic carbocycles. The highest BCUT2D eigenvalue weighted by Crippen LogP contribution is 2.42. The van der Waals surface area contributed by atoms with Gasteiger partial charge in [-0.15, -0.1) is 0 Å². The molecule has 33 heavy (non-hydrogen) atoms. The molecule has 0 bridgehead atoms. The summed E-state index contributed by atoms with van der Waals surface area (Å²) in [4.78, 5) is 19.9. The van der Waals surface area contributed by atoms with Crippen molar-refractivity contribution in [2.45, 2.75) is 69.6 Å². The summed E-state index contributed by atoms with van der Waals surface area (Å²) in [7, 11) is 0. The molecule has 2 fully saturated rings. The van der Waals surface area contributed by atoms with Gasteiger partial charge in [0.15, 0.2) is 0 Å². The Hall–Kier alpha value is -1.96. The van der Waals surface area contributed by atoms with E-state index in [-0.39, 0.29) is 23.0 Å². The average Bonchev–Trinajstić information content (AvgIpc) is 3.14. The van der Waals surface area contributed by atoms with Crippen LogP contribution in [-0.2, 0) is 4.79 Å². The van der Waals surface area contributed by atoms with Crippen LogP contribution in [0, 0.1) is 5.82 Å². The lowest BCUT2D eigenvalue weighted by Gasteiger charge is -2.38. The molecule has 2 aromatic carbocycles. The standard InChI is InChI=1S/C25H26BrClFN3O2/c1-25(33)11-9-16(10-12-25)31-21-8-5-15(26)13-20(21)29-24(31)22-3-2-4-23(32)30(22)17-6-7-19(28)18(27)14-17/h5-8,13-14,16,22,33H,2-4,9-12H2,1H3/t16?,22-,25?/m0/s1. The summed E-state index contributed by atoms with van der Waals surface area (Å²) in [5.41, 5.74) is 1.83. The predicted molar refractivity (Wildman–Crippen MR) is 131 cm³/mol. The first-order valence-electron chi connectivity index (χ1n) is 11.4. The van der Waals surface area contributed by atoms with E-state index < -0.39 is 11.4 Å². The Bertz CT molecular complexity index is 1220. The second-order valence-corrected chi connectivity index (χ2v) is 10.8. The summed E-state index contributed by atoms with van der Waals surface area (Å²) in [5.74, 6) is 0.316. The van der Waals surface area contributed by atoms with Gasteiger partial charge < -0.3 is 14.6 Å². The Morgan fingerprint density at radius 3 is 2.67 bits per heavy atom. The number of hydrogen-bond acceptors (Lipinski definition) is 3. The van der Waals surface area contributed by atoms with Crippen LogP contribution in [0.1, 0.15) is 69.8 Å². The van der Waals surface area contributed by atoms with E-state index in [4.69, 9.17) is 16.6 Å². The molecule has 5 rings (SSSR count). The maximum Gasteiger partial charge on any atom is 0.227 e. The molecule has 1 aromatic heterocycles. The molecule has 1 amide bonds. The van der Waals surface area contributed by atoms with Crippen molar-refractivity contribution in [3.05, 3.63) is 57.5 Å². The van der Waals surface area contributed by atoms with E-state index >= 15 is 0 Å². The van der Waals surface area contributed by atoms with Crippen LogP contribution >= 0.6 is 27.5 Å². The van der Waals surface area contributed by atoms with Crippen LogP contribution in [0.5, 0.6) is 0 Å². The molecule has 2 heterocycles. The van der Waals surface area contributed by atoms with Crippen LogP contribution in [0.2, 0.25) is 5.02 Å². The molecular formula is C25H26BrClFN3O2. The van der Waals surface area contributed by atoms with Gasteiger partial charge in [-0.25, -0.2) is 9.37 Å². The first-order valence-corrected chi connectivity index (χ1v) is 12.6. The van der Waals surface area contributed by atoms with Gasteiger partial charge in [0.05, 0.1) is 27.7 Å². The van der Waals surface area contributed by atoms with Gasteiger partial charge >= 0.3 is 0 Å². The summed E-state index contributed by atoms with van der Waals surface area (Å²) >= 11 is 9.62. The molecule has 0 radical (unpaired) electrons. The van der Waals surface area contributed by atoms with E-state index in [2.05, 4.69) is 26.6 Å². The van der Waals surface area contributed by atoms with Crippen LogP contribution in [0.25, 0.3) is 11.0 Å². The maximum absolute atomic E-state index is 13.9. The Kier molecular flexibility index (Phi) is 6.00. The van der Waals surface area contributed by atoms with Gasteiger partial charge in [-0.3, -0.25) is 4.79 Å². The third-order valence-corrected chi connectivity index (χ3v) is 7.79. The highest BCUT2D eigenvalue weighted by Gasteiger charge is 2.37. The van der Waals surface area contributed by atoms with Crippen molar-refractivity contribution in [2.24, 2.45) is 0 Å². The monoisotopic (exact) mass is 533 g/mol. The Morgan fingerprint density at radius 1 is 1.18 bits per heavy atom. The van der Waals surface area contributed by atoms with Crippen molar-refractivity contribution < 1.29 is 14.3 Å². The summed E-state index contributed by atoms with van der Waals surface area (Å²) in [6.07, 6.45) is 5.07. The molecule has 1 saturated carbocycles. The molecule has 8 heteroatoms. The zero-order valence-corrected chi connectivity index (χ0v) is 20.7. The highest BCUT2D eigenvalue weighted by molar-refractivity contribution is 9.10. The molecule has 1 N–H and O–H groups in total. The van der Waals surface area contributed by atoms with Gasteiger partial charge in [-0.05, 0) is 81.8 Å². The fraction of sp³-hybridized carbons (Fsp3) is 0.440. The molecule has 2 aliphatic rings. The number of anilines is 1. The average molecular weight is 535 g/mol. The number of halogens is 3. The van der Waals surface area contributed by atoms with Crippen LogP contribution in [0.4, 0.5) is 10.1 Å². The minimum atomic E-state index is -0.645. The third-order valence-electron chi connectivity index (χ3n) is 7.00. The van der Waals surface area contributed by atoms with E-state index in [1.54, 1.807) is 11.0 Å². The topological polar surface area (TPSA) is 58.4 Å². The number of imidazole rings is 1. The smallest absolute Gasteiger partial charge is 0.227 e. The van der Waals surface area contributed by atoms with E-state index in [1.807, 2.05) is 19.1 Å². The Morgan fingerprint density at radius 2 is 1.94 bits per heavy atom. The van der Waals surface area contributed by atoms with Crippen molar-refractivity contribution in [3.8, 4) is 0 Å². The van der Waals surface area contributed by atoms with Gasteiger partial charge in [0.2, 0.25) is 5.91 Å². The summed E-state index contributed by atoms with van der Waals surface area (Å²) in [5, 5.41) is 10.5. The van der Waals surface area contributed by atoms with Gasteiger partial charge in [0.25, 0.3) is 0 Å². The minimum Gasteiger partial charge on any atom is -0.390 e. The number of benzene rings is 2. The second-order valence-electron chi connectivity index (χ2n) is 9.47. The van der Waals surface area contributed by atoms with Crippen LogP contribution in [-0.4, -0.2) is 26.2 Å². The number of amides is 1. The first kappa shape index (κ1) is 22.8. The number of aromatic nitrogens is 2. The van der Waals surface area contributed by atoms with E-state index in [0.717, 1.165) is 47.0 Å². The lowest BCUT2D eigenvalue weighted by atomic mass is 9.83. The number of carbonyl (C=O) groups is 1. The molecule has 5 nitrogen and oxygen atoms in total. The van der Waals surface area contributed by atoms with Crippen LogP contribution in [0.3, 0.4) is 0 Å². The van der Waals surface area contributed by atoms with Crippen LogP contribution < -0.4 is 4.90 Å². The van der Waals surface area contributed by atoms with Gasteiger partial charge in [0.1, 0.15) is 11.6 Å². The number of fused-ring (bicyclic) bond motifs is 1. The molecular weight excluding hydrogens is 509 g/mol. The lowest BCUT2D eigenvalue weighted by molar-refractivity contribution is -0.120. The molecule has 0 unspecified atom stereocenters. The predicted octanol–water partition coefficient (Wildman–Crippen LogP) is 6.72. The molecule has 3 aromatic rings. The van der Waals surface area contributed by atoms with Crippen molar-refractivity contribution >= 4 is 50.2 Å². The summed E-state index contributed by atoms with van der Waals surface area (Å²) < 4.78 is 17.1. The zero-order chi connectivity index (χ0) is 23.3. The Labute approximate surface area is 205 Å². The molecule has 1 atom stereocenters. The minimum absolute atomic E-state index is 0.00318. The number of rotatable bonds is 3. The number of hydrogen-bond donors (Lipinski definition) is 1. The number of carbonyl (C=O) groups excluding carboxylic acids is 1. The van der Waals surface area contributed by atoms with Gasteiger partial charge in [-0.1, -0.05) is 27.5 Å². The summed E-state index contributed by atoms with van der Waals surface area (Å²) in [6, 6.07) is 10.4. The normalized spacial score (nSPS) is 26.2. The number of aliphatic hydroxyl groups is 1. The SMILES string of the molecule is CC1(O)CCC(n2c([C@@H]3CCCC(=O)N3c3ccc(F)c(Cl)c3)nc3cc(Br)ccc32)CC1. The Balaban J connectivity index is 1.64. The molecule has 174 valence electrons. The fourth-order valence-electron chi connectivity index (χ4n) is 5.27. The molecule has 1 saturated heterocycles. The van der Waals surface area contributed by atoms with Crippen molar-refractivity contribution in [2.75, 3.05) is 4.90 Å². The van der Waals surface area contributed by atoms with Crippen molar-refractivity contribution in [1.82, 2.24) is 9.55 Å². The largest absolute Gasteiger partial charge is 0.390 e. The van der Waals surface area contributed by atoms with Gasteiger partial charge in [0, 0.05) is 22.6 Å². The van der Waals surface area contributed by atoms with Crippen molar-refractivity contribution in [1.29, 1.82) is 0 Å². The van der Waals surface area contributed by atoms with E-state index in [9.17, 15) is 14.3 Å². The molecule has 0 spiro atoms. The third kappa shape index (κ3) is 4.31. The fourth-order valence-corrected chi connectivity index (χ4v) is 5.79. The molecule has 1 aliphatic heterocycles. The first-order chi connectivity index (χ1) is 15.7. The van der Waals surface area contributed by atoms with Crippen molar-refractivity contribution in [3.63, 3.8) is 0 Å². The summed E-state index contributed by atoms with van der Waals surface area (Å²) in [6.45, 7) is 1.90. The highest BCUT2D eigenvalue weighted by atomic mass is 79.9. The van der Waals surface area contributed by atoms with E-state index in [0.29, 0.717) is 24.9 Å². The second kappa shape index (κ2) is 8.67. The number of piperidine rings is 1. The zero-order valence-electron chi connectivity index (χ0n) is 18.4. The van der Waals surface area contributed by atoms with Crippen LogP contribution in [0.15, 0.2) is 40.9 Å². The lowest BCUT2D eigenvalue weighted by Crippen LogP contribution is -2.40.